The van der Waals surface area contributed by atoms with Crippen LogP contribution in [0.15, 0.2) is 58.3 Å². The van der Waals surface area contributed by atoms with Crippen molar-refractivity contribution >= 4 is 34.9 Å². The zero-order valence-corrected chi connectivity index (χ0v) is 21.2. The molecule has 0 spiro atoms. The van der Waals surface area contributed by atoms with Crippen molar-refractivity contribution in [3.8, 4) is 11.5 Å². The first-order chi connectivity index (χ1) is 16.4. The number of thiophene rings is 1. The topological polar surface area (TPSA) is 84.9 Å². The number of hydrogen-bond donors (Lipinski definition) is 2. The second kappa shape index (κ2) is 10.7. The van der Waals surface area contributed by atoms with Crippen LogP contribution in [-0.4, -0.2) is 42.1 Å². The van der Waals surface area contributed by atoms with Crippen LogP contribution in [0.5, 0.6) is 11.5 Å². The molecule has 2 aromatic rings. The van der Waals surface area contributed by atoms with Crippen molar-refractivity contribution in [1.82, 2.24) is 5.32 Å². The number of aromatic hydroxyl groups is 1. The molecule has 1 aliphatic carbocycles. The smallest absolute Gasteiger partial charge is 0.336 e. The van der Waals surface area contributed by atoms with Gasteiger partial charge in [-0.25, -0.2) is 4.79 Å². The van der Waals surface area contributed by atoms with Crippen molar-refractivity contribution in [2.75, 3.05) is 25.2 Å². The highest BCUT2D eigenvalue weighted by molar-refractivity contribution is 7.99. The van der Waals surface area contributed by atoms with Crippen LogP contribution < -0.4 is 10.1 Å². The van der Waals surface area contributed by atoms with Crippen molar-refractivity contribution in [3.63, 3.8) is 0 Å². The second-order valence-corrected chi connectivity index (χ2v) is 10.7. The molecule has 0 radical (unpaired) electrons. The molecule has 4 rings (SSSR count). The maximum Gasteiger partial charge on any atom is 0.336 e. The van der Waals surface area contributed by atoms with Crippen molar-refractivity contribution in [2.45, 2.75) is 38.5 Å². The van der Waals surface area contributed by atoms with Crippen LogP contribution >= 0.6 is 23.1 Å². The lowest BCUT2D eigenvalue weighted by Gasteiger charge is -2.36. The molecule has 180 valence electrons. The Kier molecular flexibility index (Phi) is 7.68. The van der Waals surface area contributed by atoms with Crippen molar-refractivity contribution in [2.24, 2.45) is 0 Å². The number of phenolic OH excluding ortho intramolecular Hbond substituents is 1. The van der Waals surface area contributed by atoms with E-state index >= 15 is 0 Å². The Hall–Kier alpha value is -2.71. The summed E-state index contributed by atoms with van der Waals surface area (Å²) in [6.07, 6.45) is 1.08. The molecule has 0 saturated carbocycles. The van der Waals surface area contributed by atoms with Gasteiger partial charge in [0, 0.05) is 45.9 Å². The molecule has 2 heterocycles. The van der Waals surface area contributed by atoms with Gasteiger partial charge in [-0.2, -0.15) is 11.8 Å². The lowest BCUT2D eigenvalue weighted by atomic mass is 9.72. The number of ketones is 1. The summed E-state index contributed by atoms with van der Waals surface area (Å²) in [7, 11) is 1.48. The fraction of sp³-hybridized carbons (Fsp3) is 0.385. The van der Waals surface area contributed by atoms with Crippen LogP contribution in [0.25, 0.3) is 0 Å². The maximum absolute atomic E-state index is 13.6. The molecule has 2 aliphatic rings. The molecule has 0 fully saturated rings. The minimum absolute atomic E-state index is 0.00327. The first kappa shape index (κ1) is 24.4. The quantitative estimate of drug-likeness (QED) is 0.385. The number of rotatable bonds is 8. The van der Waals surface area contributed by atoms with Gasteiger partial charge in [-0.3, -0.25) is 4.79 Å². The van der Waals surface area contributed by atoms with Crippen LogP contribution in [0.3, 0.4) is 0 Å². The molecule has 1 aromatic carbocycles. The monoisotopic (exact) mass is 499 g/mol. The van der Waals surface area contributed by atoms with E-state index in [0.717, 1.165) is 17.2 Å². The van der Waals surface area contributed by atoms with E-state index in [1.165, 1.54) is 18.1 Å². The summed E-state index contributed by atoms with van der Waals surface area (Å²) in [5.74, 6) is 1.07. The molecule has 34 heavy (non-hydrogen) atoms. The van der Waals surface area contributed by atoms with Gasteiger partial charge >= 0.3 is 5.97 Å². The largest absolute Gasteiger partial charge is 0.504 e. The van der Waals surface area contributed by atoms with Gasteiger partial charge in [-0.15, -0.1) is 11.3 Å². The van der Waals surface area contributed by atoms with Crippen LogP contribution in [0.2, 0.25) is 0 Å². The van der Waals surface area contributed by atoms with E-state index in [-0.39, 0.29) is 17.5 Å². The summed E-state index contributed by atoms with van der Waals surface area (Å²) in [4.78, 5) is 28.0. The van der Waals surface area contributed by atoms with Gasteiger partial charge < -0.3 is 19.9 Å². The number of ether oxygens (including phenoxy) is 2. The van der Waals surface area contributed by atoms with Crippen LogP contribution in [-0.2, 0) is 14.3 Å². The number of carbonyl (C=O) groups is 2. The molecule has 0 amide bonds. The Morgan fingerprint density at radius 1 is 1.29 bits per heavy atom. The molecule has 1 aromatic heterocycles. The fourth-order valence-corrected chi connectivity index (χ4v) is 5.98. The molecule has 1 aliphatic heterocycles. The average molecular weight is 500 g/mol. The zero-order chi connectivity index (χ0) is 24.2. The molecule has 6 nitrogen and oxygen atoms in total. The predicted molar refractivity (Wildman–Crippen MR) is 136 cm³/mol. The summed E-state index contributed by atoms with van der Waals surface area (Å²) < 4.78 is 10.9. The zero-order valence-electron chi connectivity index (χ0n) is 19.6. The molecule has 0 bridgehead atoms. The van der Waals surface area contributed by atoms with E-state index in [1.54, 1.807) is 35.2 Å². The normalized spacial score (nSPS) is 20.1. The number of hydrogen-bond acceptors (Lipinski definition) is 8. The number of allylic oxidation sites excluding steroid dienone is 3. The summed E-state index contributed by atoms with van der Waals surface area (Å²) in [6.45, 7) is 4.22. The predicted octanol–water partition coefficient (Wildman–Crippen LogP) is 5.12. The number of dihydropyridines is 1. The maximum atomic E-state index is 13.6. The highest BCUT2D eigenvalue weighted by Crippen LogP contribution is 2.47. The third-order valence-electron chi connectivity index (χ3n) is 6.20. The molecule has 8 heteroatoms. The fourth-order valence-electron chi connectivity index (χ4n) is 4.66. The Morgan fingerprint density at radius 2 is 2.12 bits per heavy atom. The number of Topliss-reactive ketones (excluding diaryl/α,β-unsaturated/α-hetero) is 1. The summed E-state index contributed by atoms with van der Waals surface area (Å²) in [6, 6.07) is 9.05. The SMILES string of the molecule is CCSCCOC(=O)C1=C(C)NC2=C(C(=O)C[C@H](c3cccs3)C2)[C@H]1c1ccc(O)c(OC)c1. The van der Waals surface area contributed by atoms with Crippen molar-refractivity contribution in [3.05, 3.63) is 68.7 Å². The molecular weight excluding hydrogens is 470 g/mol. The van der Waals surface area contributed by atoms with E-state index in [2.05, 4.69) is 18.3 Å². The van der Waals surface area contributed by atoms with Crippen LogP contribution in [0.1, 0.15) is 49.0 Å². The highest BCUT2D eigenvalue weighted by atomic mass is 32.2. The van der Waals surface area contributed by atoms with Crippen molar-refractivity contribution in [1.29, 1.82) is 0 Å². The van der Waals surface area contributed by atoms with Crippen LogP contribution in [0.4, 0.5) is 0 Å². The van der Waals surface area contributed by atoms with Gasteiger partial charge in [0.05, 0.1) is 12.7 Å². The number of methoxy groups -OCH3 is 1. The molecule has 2 N–H and O–H groups in total. The standard InChI is InChI=1S/C26H29NO5S2/c1-4-33-11-9-32-26(30)23-15(2)27-18-12-17(22-6-5-10-34-22)13-20(29)25(18)24(23)16-7-8-19(28)21(14-16)31-3/h5-8,10,14,17,24,27-28H,4,9,11-13H2,1-3H3/t17-,24+/m1/s1. The van der Waals surface area contributed by atoms with Gasteiger partial charge in [-0.05, 0) is 48.2 Å². The Bertz CT molecular complexity index is 1140. The minimum atomic E-state index is -0.589. The third-order valence-corrected chi connectivity index (χ3v) is 8.09. The van der Waals surface area contributed by atoms with Crippen LogP contribution in [0, 0.1) is 0 Å². The third kappa shape index (κ3) is 4.88. The summed E-state index contributed by atoms with van der Waals surface area (Å²) in [5.41, 5.74) is 3.27. The highest BCUT2D eigenvalue weighted by Gasteiger charge is 2.41. The minimum Gasteiger partial charge on any atom is -0.504 e. The summed E-state index contributed by atoms with van der Waals surface area (Å²) >= 11 is 3.36. The number of phenols is 1. The van der Waals surface area contributed by atoms with E-state index in [9.17, 15) is 14.7 Å². The lowest BCUT2D eigenvalue weighted by Crippen LogP contribution is -2.36. The van der Waals surface area contributed by atoms with Gasteiger partial charge in [0.25, 0.3) is 0 Å². The molecular formula is C26H29NO5S2. The van der Waals surface area contributed by atoms with Gasteiger partial charge in [-0.1, -0.05) is 19.1 Å². The average Bonchev–Trinajstić information content (AvgIpc) is 3.36. The summed E-state index contributed by atoms with van der Waals surface area (Å²) in [5, 5.41) is 15.5. The van der Waals surface area contributed by atoms with E-state index in [0.29, 0.717) is 47.6 Å². The molecule has 0 unspecified atom stereocenters. The Balaban J connectivity index is 1.75. The first-order valence-electron chi connectivity index (χ1n) is 11.3. The second-order valence-electron chi connectivity index (χ2n) is 8.30. The number of thioether (sulfide) groups is 1. The van der Waals surface area contributed by atoms with Gasteiger partial charge in [0.15, 0.2) is 17.3 Å². The van der Waals surface area contributed by atoms with Gasteiger partial charge in [0.2, 0.25) is 0 Å². The number of esters is 1. The number of carbonyl (C=O) groups excluding carboxylic acids is 2. The van der Waals surface area contributed by atoms with E-state index < -0.39 is 11.9 Å². The number of benzene rings is 1. The van der Waals surface area contributed by atoms with Crippen molar-refractivity contribution < 1.29 is 24.2 Å². The Labute approximate surface area is 208 Å². The lowest BCUT2D eigenvalue weighted by molar-refractivity contribution is -0.138. The van der Waals surface area contributed by atoms with Gasteiger partial charge in [0.1, 0.15) is 6.61 Å². The molecule has 0 saturated heterocycles. The Morgan fingerprint density at radius 3 is 2.82 bits per heavy atom. The van der Waals surface area contributed by atoms with E-state index in [4.69, 9.17) is 9.47 Å². The first-order valence-corrected chi connectivity index (χ1v) is 13.4. The number of nitrogens with one attached hydrogen (secondary N) is 1. The van der Waals surface area contributed by atoms with E-state index in [1.807, 2.05) is 18.4 Å². The molecule has 2 atom stereocenters.